The van der Waals surface area contributed by atoms with Crippen LogP contribution in [0.5, 0.6) is 0 Å². The molecule has 1 aromatic rings. The monoisotopic (exact) mass is 198 g/mol. The van der Waals surface area contributed by atoms with Gasteiger partial charge in [0.2, 0.25) is 0 Å². The van der Waals surface area contributed by atoms with Crippen LogP contribution >= 0.6 is 0 Å². The van der Waals surface area contributed by atoms with E-state index in [2.05, 4.69) is 20.7 Å². The predicted molar refractivity (Wildman–Crippen MR) is 49.8 cm³/mol. The molecule has 0 aliphatic rings. The van der Waals surface area contributed by atoms with Gasteiger partial charge in [0, 0.05) is 13.7 Å². The van der Waals surface area contributed by atoms with Gasteiger partial charge in [0.1, 0.15) is 0 Å². The Bertz CT molecular complexity index is 273. The molecule has 0 aromatic carbocycles. The molecule has 0 saturated heterocycles. The molecule has 14 heavy (non-hydrogen) atoms. The molecule has 0 aliphatic heterocycles. The minimum absolute atomic E-state index is 0.221. The van der Waals surface area contributed by atoms with Crippen LogP contribution in [-0.4, -0.2) is 41.6 Å². The van der Waals surface area contributed by atoms with Crippen LogP contribution in [0.2, 0.25) is 0 Å². The largest absolute Gasteiger partial charge is 0.384 e. The van der Waals surface area contributed by atoms with Crippen molar-refractivity contribution in [1.29, 1.82) is 0 Å². The van der Waals surface area contributed by atoms with E-state index in [0.717, 1.165) is 0 Å². The first-order valence-electron chi connectivity index (χ1n) is 4.37. The number of hydrogen-bond acceptors (Lipinski definition) is 4. The van der Waals surface area contributed by atoms with Crippen molar-refractivity contribution in [2.75, 3.05) is 20.3 Å². The Morgan fingerprint density at radius 1 is 1.79 bits per heavy atom. The molecule has 1 rings (SSSR count). The number of rotatable bonds is 5. The maximum Gasteiger partial charge on any atom is 0.273 e. The van der Waals surface area contributed by atoms with Crippen LogP contribution in [0.4, 0.5) is 0 Å². The molecular weight excluding hydrogens is 184 g/mol. The fourth-order valence-corrected chi connectivity index (χ4v) is 1.01. The Morgan fingerprint density at radius 3 is 3.14 bits per heavy atom. The Kier molecular flexibility index (Phi) is 4.06. The van der Waals surface area contributed by atoms with Crippen molar-refractivity contribution in [3.05, 3.63) is 11.9 Å². The summed E-state index contributed by atoms with van der Waals surface area (Å²) in [4.78, 5) is 11.3. The second-order valence-corrected chi connectivity index (χ2v) is 3.13. The first-order chi connectivity index (χ1) is 6.74. The van der Waals surface area contributed by atoms with Gasteiger partial charge in [-0.15, -0.1) is 0 Å². The summed E-state index contributed by atoms with van der Waals surface area (Å²) in [5.74, 6) is 0.0672. The van der Waals surface area contributed by atoms with E-state index in [4.69, 9.17) is 4.74 Å². The van der Waals surface area contributed by atoms with Crippen LogP contribution in [0.1, 0.15) is 17.4 Å². The standard InChI is InChI=1S/C8H14N4O2/c1-6(5-14-2)3-9-8(13)7-4-10-12-11-7/h4,6H,3,5H2,1-2H3,(H,9,13)(H,10,11,12). The van der Waals surface area contributed by atoms with Crippen LogP contribution in [0.15, 0.2) is 6.20 Å². The number of hydrogen-bond donors (Lipinski definition) is 2. The number of carbonyl (C=O) groups excluding carboxylic acids is 1. The summed E-state index contributed by atoms with van der Waals surface area (Å²) >= 11 is 0. The Labute approximate surface area is 82.0 Å². The smallest absolute Gasteiger partial charge is 0.273 e. The number of carbonyl (C=O) groups is 1. The third-order valence-electron chi connectivity index (χ3n) is 1.71. The Morgan fingerprint density at radius 2 is 2.57 bits per heavy atom. The highest BCUT2D eigenvalue weighted by atomic mass is 16.5. The van der Waals surface area contributed by atoms with Crippen molar-refractivity contribution < 1.29 is 9.53 Å². The zero-order valence-corrected chi connectivity index (χ0v) is 8.28. The van der Waals surface area contributed by atoms with Crippen LogP contribution in [0.3, 0.4) is 0 Å². The van der Waals surface area contributed by atoms with Gasteiger partial charge in [0.15, 0.2) is 5.69 Å². The van der Waals surface area contributed by atoms with Gasteiger partial charge in [0.25, 0.3) is 5.91 Å². The van der Waals surface area contributed by atoms with Crippen molar-refractivity contribution >= 4 is 5.91 Å². The lowest BCUT2D eigenvalue weighted by Crippen LogP contribution is -2.30. The zero-order chi connectivity index (χ0) is 10.4. The number of methoxy groups -OCH3 is 1. The second kappa shape index (κ2) is 5.33. The molecule has 1 heterocycles. The molecular formula is C8H14N4O2. The van der Waals surface area contributed by atoms with E-state index in [1.807, 2.05) is 6.92 Å². The maximum absolute atomic E-state index is 11.3. The van der Waals surface area contributed by atoms with E-state index in [0.29, 0.717) is 18.8 Å². The molecule has 0 aliphatic carbocycles. The van der Waals surface area contributed by atoms with Crippen LogP contribution in [0, 0.1) is 5.92 Å². The highest BCUT2D eigenvalue weighted by molar-refractivity contribution is 5.91. The fourth-order valence-electron chi connectivity index (χ4n) is 1.01. The van der Waals surface area contributed by atoms with Crippen molar-refractivity contribution in [3.8, 4) is 0 Å². The molecule has 1 unspecified atom stereocenters. The quantitative estimate of drug-likeness (QED) is 0.687. The minimum Gasteiger partial charge on any atom is -0.384 e. The van der Waals surface area contributed by atoms with Gasteiger partial charge in [-0.25, -0.2) is 0 Å². The van der Waals surface area contributed by atoms with Gasteiger partial charge in [0.05, 0.1) is 12.8 Å². The SMILES string of the molecule is COCC(C)CNC(=O)c1cn[nH]n1. The third-order valence-corrected chi connectivity index (χ3v) is 1.71. The molecule has 6 nitrogen and oxygen atoms in total. The van der Waals surface area contributed by atoms with Gasteiger partial charge in [-0.1, -0.05) is 6.92 Å². The fraction of sp³-hybridized carbons (Fsp3) is 0.625. The van der Waals surface area contributed by atoms with E-state index in [1.165, 1.54) is 6.20 Å². The van der Waals surface area contributed by atoms with Crippen molar-refractivity contribution in [1.82, 2.24) is 20.7 Å². The lowest BCUT2D eigenvalue weighted by atomic mass is 10.2. The molecule has 78 valence electrons. The van der Waals surface area contributed by atoms with E-state index in [-0.39, 0.29) is 11.8 Å². The first kappa shape index (κ1) is 10.6. The summed E-state index contributed by atoms with van der Waals surface area (Å²) in [5.41, 5.74) is 0.301. The third kappa shape index (κ3) is 3.14. The number of aromatic nitrogens is 3. The number of nitrogens with one attached hydrogen (secondary N) is 2. The summed E-state index contributed by atoms with van der Waals surface area (Å²) in [5, 5.41) is 12.3. The van der Waals surface area contributed by atoms with E-state index in [1.54, 1.807) is 7.11 Å². The maximum atomic E-state index is 11.3. The average molecular weight is 198 g/mol. The van der Waals surface area contributed by atoms with Gasteiger partial charge in [-0.3, -0.25) is 4.79 Å². The molecule has 0 radical (unpaired) electrons. The minimum atomic E-state index is -0.221. The highest BCUT2D eigenvalue weighted by Gasteiger charge is 2.09. The van der Waals surface area contributed by atoms with E-state index in [9.17, 15) is 4.79 Å². The Hall–Kier alpha value is -1.43. The predicted octanol–water partition coefficient (Wildman–Crippen LogP) is -0.183. The van der Waals surface area contributed by atoms with E-state index < -0.39 is 0 Å². The number of amides is 1. The van der Waals surface area contributed by atoms with Crippen LogP contribution in [0.25, 0.3) is 0 Å². The lowest BCUT2D eigenvalue weighted by molar-refractivity contribution is 0.0929. The summed E-state index contributed by atoms with van der Waals surface area (Å²) in [7, 11) is 1.63. The van der Waals surface area contributed by atoms with Gasteiger partial charge in [-0.2, -0.15) is 15.4 Å². The Balaban J connectivity index is 2.28. The number of aromatic amines is 1. The van der Waals surface area contributed by atoms with Crippen molar-refractivity contribution in [2.45, 2.75) is 6.92 Å². The number of ether oxygens (including phenoxy) is 1. The second-order valence-electron chi connectivity index (χ2n) is 3.13. The summed E-state index contributed by atoms with van der Waals surface area (Å²) < 4.78 is 4.94. The highest BCUT2D eigenvalue weighted by Crippen LogP contribution is 1.94. The average Bonchev–Trinajstić information content (AvgIpc) is 2.67. The zero-order valence-electron chi connectivity index (χ0n) is 8.28. The molecule has 2 N–H and O–H groups in total. The van der Waals surface area contributed by atoms with Gasteiger partial charge in [-0.05, 0) is 5.92 Å². The van der Waals surface area contributed by atoms with Crippen LogP contribution < -0.4 is 5.32 Å². The molecule has 0 fully saturated rings. The molecule has 0 saturated carbocycles. The molecule has 1 amide bonds. The summed E-state index contributed by atoms with van der Waals surface area (Å²) in [6.45, 7) is 3.19. The molecule has 1 aromatic heterocycles. The van der Waals surface area contributed by atoms with Gasteiger partial charge >= 0.3 is 0 Å². The van der Waals surface area contributed by atoms with Gasteiger partial charge < -0.3 is 10.1 Å². The topological polar surface area (TPSA) is 79.9 Å². The summed E-state index contributed by atoms with van der Waals surface area (Å²) in [6, 6.07) is 0. The molecule has 0 bridgehead atoms. The summed E-state index contributed by atoms with van der Waals surface area (Å²) in [6.07, 6.45) is 1.39. The first-order valence-corrected chi connectivity index (χ1v) is 4.37. The van der Waals surface area contributed by atoms with Crippen molar-refractivity contribution in [3.63, 3.8) is 0 Å². The molecule has 6 heteroatoms. The number of nitrogens with zero attached hydrogens (tertiary/aromatic N) is 2. The van der Waals surface area contributed by atoms with Crippen LogP contribution in [-0.2, 0) is 4.74 Å². The number of H-pyrrole nitrogens is 1. The normalized spacial score (nSPS) is 12.4. The lowest BCUT2D eigenvalue weighted by Gasteiger charge is -2.09. The molecule has 0 spiro atoms. The van der Waals surface area contributed by atoms with Crippen molar-refractivity contribution in [2.24, 2.45) is 5.92 Å². The molecule has 1 atom stereocenters. The van der Waals surface area contributed by atoms with E-state index >= 15 is 0 Å².